The van der Waals surface area contributed by atoms with Crippen molar-refractivity contribution in [2.24, 2.45) is 0 Å². The van der Waals surface area contributed by atoms with E-state index in [9.17, 15) is 18.4 Å². The van der Waals surface area contributed by atoms with Crippen LogP contribution in [-0.2, 0) is 0 Å². The SMILES string of the molecule is Cc1ccc(Cl)cc1C(=O)N(NC(=O)c1cccc(F)c1F)C(C)(C)C. The molecule has 0 saturated heterocycles. The van der Waals surface area contributed by atoms with Crippen LogP contribution in [-0.4, -0.2) is 22.4 Å². The second-order valence-electron chi connectivity index (χ2n) is 6.81. The molecule has 0 aliphatic heterocycles. The minimum absolute atomic E-state index is 0.299. The van der Waals surface area contributed by atoms with E-state index in [0.29, 0.717) is 16.1 Å². The van der Waals surface area contributed by atoms with Gasteiger partial charge in [0.2, 0.25) is 0 Å². The van der Waals surface area contributed by atoms with Gasteiger partial charge in [0.15, 0.2) is 11.6 Å². The molecule has 0 saturated carbocycles. The molecule has 0 spiro atoms. The van der Waals surface area contributed by atoms with Crippen LogP contribution in [0.2, 0.25) is 5.02 Å². The fourth-order valence-electron chi connectivity index (χ4n) is 2.31. The second kappa shape index (κ2) is 7.41. The Morgan fingerprint density at radius 2 is 1.73 bits per heavy atom. The minimum atomic E-state index is -1.27. The summed E-state index contributed by atoms with van der Waals surface area (Å²) in [5.74, 6) is -3.85. The van der Waals surface area contributed by atoms with Crippen LogP contribution in [0.5, 0.6) is 0 Å². The van der Waals surface area contributed by atoms with Gasteiger partial charge in [-0.15, -0.1) is 0 Å². The smallest absolute Gasteiger partial charge is 0.267 e. The van der Waals surface area contributed by atoms with E-state index in [4.69, 9.17) is 11.6 Å². The number of carbonyl (C=O) groups is 2. The molecule has 4 nitrogen and oxygen atoms in total. The lowest BCUT2D eigenvalue weighted by Crippen LogP contribution is -2.56. The molecule has 0 aromatic heterocycles. The Balaban J connectivity index is 2.40. The van der Waals surface area contributed by atoms with Gasteiger partial charge in [-0.05, 0) is 57.5 Å². The van der Waals surface area contributed by atoms with E-state index >= 15 is 0 Å². The number of amides is 2. The number of aryl methyl sites for hydroxylation is 1. The molecular formula is C19H19ClF2N2O2. The van der Waals surface area contributed by atoms with Crippen LogP contribution in [0.15, 0.2) is 36.4 Å². The fourth-order valence-corrected chi connectivity index (χ4v) is 2.48. The quantitative estimate of drug-likeness (QED) is 0.779. The van der Waals surface area contributed by atoms with Crippen molar-refractivity contribution in [3.8, 4) is 0 Å². The lowest BCUT2D eigenvalue weighted by atomic mass is 10.0. The zero-order valence-electron chi connectivity index (χ0n) is 14.9. The number of carbonyl (C=O) groups excluding carboxylic acids is 2. The Labute approximate surface area is 155 Å². The first-order valence-corrected chi connectivity index (χ1v) is 8.26. The van der Waals surface area contributed by atoms with Gasteiger partial charge in [-0.25, -0.2) is 13.8 Å². The molecule has 0 atom stereocenters. The number of rotatable bonds is 2. The first-order valence-electron chi connectivity index (χ1n) is 7.88. The lowest BCUT2D eigenvalue weighted by molar-refractivity contribution is 0.0356. The summed E-state index contributed by atoms with van der Waals surface area (Å²) in [6.07, 6.45) is 0. The van der Waals surface area contributed by atoms with Gasteiger partial charge in [-0.1, -0.05) is 23.7 Å². The maximum atomic E-state index is 13.9. The Morgan fingerprint density at radius 3 is 2.35 bits per heavy atom. The van der Waals surface area contributed by atoms with Crippen molar-refractivity contribution in [1.29, 1.82) is 0 Å². The molecule has 7 heteroatoms. The first kappa shape index (κ1) is 19.8. The summed E-state index contributed by atoms with van der Waals surface area (Å²) in [6.45, 7) is 6.84. The molecule has 138 valence electrons. The third-order valence-electron chi connectivity index (χ3n) is 3.71. The van der Waals surface area contributed by atoms with E-state index in [-0.39, 0.29) is 0 Å². The van der Waals surface area contributed by atoms with Crippen molar-refractivity contribution in [3.05, 3.63) is 69.7 Å². The molecule has 0 aliphatic rings. The molecular weight excluding hydrogens is 362 g/mol. The minimum Gasteiger partial charge on any atom is -0.267 e. The molecule has 0 bridgehead atoms. The Bertz CT molecular complexity index is 863. The Hall–Kier alpha value is -2.47. The van der Waals surface area contributed by atoms with E-state index in [1.54, 1.807) is 39.8 Å². The molecule has 2 aromatic carbocycles. The van der Waals surface area contributed by atoms with Crippen LogP contribution in [0.4, 0.5) is 8.78 Å². The normalized spacial score (nSPS) is 11.2. The van der Waals surface area contributed by atoms with E-state index in [0.717, 1.165) is 17.1 Å². The first-order chi connectivity index (χ1) is 12.0. The van der Waals surface area contributed by atoms with Crippen LogP contribution < -0.4 is 5.43 Å². The van der Waals surface area contributed by atoms with Gasteiger partial charge in [0.25, 0.3) is 11.8 Å². The van der Waals surface area contributed by atoms with Crippen molar-refractivity contribution in [3.63, 3.8) is 0 Å². The van der Waals surface area contributed by atoms with Crippen molar-refractivity contribution in [2.45, 2.75) is 33.2 Å². The van der Waals surface area contributed by atoms with E-state index in [1.165, 1.54) is 12.1 Å². The molecule has 0 aliphatic carbocycles. The maximum Gasteiger partial charge on any atom is 0.273 e. The summed E-state index contributed by atoms with van der Waals surface area (Å²) < 4.78 is 27.3. The van der Waals surface area contributed by atoms with Crippen LogP contribution >= 0.6 is 11.6 Å². The summed E-state index contributed by atoms with van der Waals surface area (Å²) in [4.78, 5) is 25.4. The third kappa shape index (κ3) is 4.19. The van der Waals surface area contributed by atoms with Crippen LogP contribution in [0.25, 0.3) is 0 Å². The van der Waals surface area contributed by atoms with Gasteiger partial charge in [0.1, 0.15) is 0 Å². The number of benzene rings is 2. The predicted molar refractivity (Wildman–Crippen MR) is 95.9 cm³/mol. The fraction of sp³-hybridized carbons (Fsp3) is 0.263. The number of hydrazine groups is 1. The van der Waals surface area contributed by atoms with Crippen molar-refractivity contribution >= 4 is 23.4 Å². The number of nitrogens with zero attached hydrogens (tertiary/aromatic N) is 1. The van der Waals surface area contributed by atoms with Gasteiger partial charge < -0.3 is 0 Å². The van der Waals surface area contributed by atoms with Gasteiger partial charge in [0, 0.05) is 10.6 Å². The summed E-state index contributed by atoms with van der Waals surface area (Å²) in [6, 6.07) is 8.10. The second-order valence-corrected chi connectivity index (χ2v) is 7.25. The van der Waals surface area contributed by atoms with Crippen LogP contribution in [0.1, 0.15) is 47.1 Å². The molecule has 0 fully saturated rings. The van der Waals surface area contributed by atoms with E-state index in [2.05, 4.69) is 5.43 Å². The van der Waals surface area contributed by atoms with Crippen molar-refractivity contribution in [2.75, 3.05) is 0 Å². The zero-order chi connectivity index (χ0) is 19.6. The topological polar surface area (TPSA) is 49.4 Å². The highest BCUT2D eigenvalue weighted by molar-refractivity contribution is 6.31. The van der Waals surface area contributed by atoms with Gasteiger partial charge in [-0.3, -0.25) is 15.0 Å². The van der Waals surface area contributed by atoms with Gasteiger partial charge >= 0.3 is 0 Å². The molecule has 2 amide bonds. The average Bonchev–Trinajstić information content (AvgIpc) is 2.55. The number of hydrogen-bond donors (Lipinski definition) is 1. The summed E-state index contributed by atoms with van der Waals surface area (Å²) >= 11 is 5.97. The molecule has 2 rings (SSSR count). The largest absolute Gasteiger partial charge is 0.273 e. The number of halogens is 3. The summed E-state index contributed by atoms with van der Waals surface area (Å²) in [5.41, 5.74) is 2.03. The predicted octanol–water partition coefficient (Wildman–Crippen LogP) is 4.51. The highest BCUT2D eigenvalue weighted by Crippen LogP contribution is 2.21. The summed E-state index contributed by atoms with van der Waals surface area (Å²) in [7, 11) is 0. The Kier molecular flexibility index (Phi) is 5.66. The van der Waals surface area contributed by atoms with Crippen LogP contribution in [0.3, 0.4) is 0 Å². The van der Waals surface area contributed by atoms with Crippen molar-refractivity contribution < 1.29 is 18.4 Å². The van der Waals surface area contributed by atoms with Crippen LogP contribution in [0, 0.1) is 18.6 Å². The maximum absolute atomic E-state index is 13.9. The molecule has 0 radical (unpaired) electrons. The highest BCUT2D eigenvalue weighted by Gasteiger charge is 2.31. The third-order valence-corrected chi connectivity index (χ3v) is 3.95. The standard InChI is InChI=1S/C19H19ClF2N2O2/c1-11-8-9-12(20)10-14(11)18(26)24(19(2,3)4)23-17(25)13-6-5-7-15(21)16(13)22/h5-10H,1-4H3,(H,23,25). The number of nitrogens with one attached hydrogen (secondary N) is 1. The molecule has 1 N–H and O–H groups in total. The van der Waals surface area contributed by atoms with E-state index < -0.39 is 34.6 Å². The summed E-state index contributed by atoms with van der Waals surface area (Å²) in [5, 5.41) is 1.45. The molecule has 0 unspecified atom stereocenters. The van der Waals surface area contributed by atoms with Gasteiger partial charge in [-0.2, -0.15) is 0 Å². The lowest BCUT2D eigenvalue weighted by Gasteiger charge is -2.35. The average molecular weight is 381 g/mol. The molecule has 0 heterocycles. The molecule has 2 aromatic rings. The van der Waals surface area contributed by atoms with Gasteiger partial charge in [0.05, 0.1) is 11.1 Å². The Morgan fingerprint density at radius 1 is 1.08 bits per heavy atom. The number of hydrogen-bond acceptors (Lipinski definition) is 2. The highest BCUT2D eigenvalue weighted by atomic mass is 35.5. The monoisotopic (exact) mass is 380 g/mol. The van der Waals surface area contributed by atoms with E-state index in [1.807, 2.05) is 0 Å². The zero-order valence-corrected chi connectivity index (χ0v) is 15.6. The molecule has 26 heavy (non-hydrogen) atoms. The van der Waals surface area contributed by atoms with Crippen molar-refractivity contribution in [1.82, 2.24) is 10.4 Å².